The summed E-state index contributed by atoms with van der Waals surface area (Å²) in [5.41, 5.74) is 6.95. The van der Waals surface area contributed by atoms with Crippen LogP contribution in [0.3, 0.4) is 0 Å². The van der Waals surface area contributed by atoms with Crippen LogP contribution in [0.1, 0.15) is 97.1 Å². The molecule has 4 heteroatoms. The minimum absolute atomic E-state index is 0. The van der Waals surface area contributed by atoms with Crippen molar-refractivity contribution in [2.24, 2.45) is 5.92 Å². The Labute approximate surface area is 275 Å². The number of fused-ring (bicyclic) bond motifs is 1. The van der Waals surface area contributed by atoms with Crippen LogP contribution in [0.25, 0.3) is 17.2 Å². The number of carbonyl (C=O) groups excluding carboxylic acids is 1. The molecule has 1 amide bonds. The fourth-order valence-electron chi connectivity index (χ4n) is 6.43. The zero-order chi connectivity index (χ0) is 30.5. The van der Waals surface area contributed by atoms with Crippen molar-refractivity contribution in [3.05, 3.63) is 126 Å². The van der Waals surface area contributed by atoms with E-state index in [2.05, 4.69) is 88.1 Å². The summed E-state index contributed by atoms with van der Waals surface area (Å²) in [6.07, 6.45) is 18.7. The Morgan fingerprint density at radius 3 is 1.59 bits per heavy atom. The molecule has 3 aromatic rings. The molecule has 1 unspecified atom stereocenters. The van der Waals surface area contributed by atoms with E-state index >= 15 is 0 Å². The maximum Gasteiger partial charge on any atom is -0.0149 e. The Kier molecular flexibility index (Phi) is 14.9. The Bertz CT molecular complexity index is 1300. The summed E-state index contributed by atoms with van der Waals surface area (Å²) in [7, 11) is 0. The number of allylic oxidation sites excluding steroid dienone is 3. The van der Waals surface area contributed by atoms with Gasteiger partial charge in [0, 0.05) is 0 Å². The average molecular weight is 642 g/mol. The van der Waals surface area contributed by atoms with Crippen LogP contribution in [0, 0.1) is 5.92 Å². The van der Waals surface area contributed by atoms with Crippen molar-refractivity contribution in [3.8, 4) is 0 Å². The predicted molar refractivity (Wildman–Crippen MR) is 195 cm³/mol. The largest absolute Gasteiger partial charge is 0.0149 e. The third-order valence-electron chi connectivity index (χ3n) is 9.11. The van der Waals surface area contributed by atoms with E-state index in [0.717, 1.165) is 35.1 Å². The van der Waals surface area contributed by atoms with Crippen LogP contribution >= 0.6 is 0 Å². The molecule has 1 fully saturated rings. The zero-order valence-electron chi connectivity index (χ0n) is 26.5. The van der Waals surface area contributed by atoms with Crippen molar-refractivity contribution in [2.45, 2.75) is 85.3 Å². The minimum atomic E-state index is -2.51. The van der Waals surface area contributed by atoms with Crippen molar-refractivity contribution in [2.75, 3.05) is 0 Å². The van der Waals surface area contributed by atoms with Gasteiger partial charge in [-0.25, -0.2) is 0 Å². The molecule has 0 bridgehead atoms. The molecular formula is C40H55NOSiTi. The summed E-state index contributed by atoms with van der Waals surface area (Å²) in [5, 5.41) is 4.73. The normalized spacial score (nSPS) is 17.4. The van der Waals surface area contributed by atoms with Crippen LogP contribution in [0.15, 0.2) is 104 Å². The number of hydrogen-bond acceptors (Lipinski definition) is 1. The first-order chi connectivity index (χ1) is 20.9. The monoisotopic (exact) mass is 641 g/mol. The summed E-state index contributed by atoms with van der Waals surface area (Å²) in [6, 6.07) is 28.9. The maximum atomic E-state index is 13.2. The summed E-state index contributed by atoms with van der Waals surface area (Å²) >= 11 is -2.51. The van der Waals surface area contributed by atoms with E-state index in [0.29, 0.717) is 10.1 Å². The first-order valence-electron chi connectivity index (χ1n) is 16.4. The van der Waals surface area contributed by atoms with Crippen molar-refractivity contribution in [1.82, 2.24) is 3.80 Å². The molecule has 1 atom stereocenters. The molecule has 0 heterocycles. The second-order valence-electron chi connectivity index (χ2n) is 12.8. The zero-order valence-corrected chi connectivity index (χ0v) is 28.1. The minimum Gasteiger partial charge on any atom is -0.0149 e. The molecule has 1 saturated carbocycles. The number of rotatable bonds is 6. The topological polar surface area (TPSA) is 29.1 Å². The standard InChI is InChI=1S/C16H14.C13H25NO.C9H7.2CH3.H4Si.Ti/c1-13(15-9-5-3-6-10-15)14(2)16-11-7-4-8-12-16;14-13(15)12-10-8-6-4-2-1-3-5-7-9-11-12;1-2-5-9-7-3-6-8(9)4-1;;;;/h3-12H,1-2H2;12H,1-11H2,(H2,14,15);1-7H;2*1H3;1H4;/q;;;;;;+1/p-1. The van der Waals surface area contributed by atoms with Gasteiger partial charge in [0.15, 0.2) is 0 Å². The van der Waals surface area contributed by atoms with Crippen LogP contribution < -0.4 is 3.80 Å². The quantitative estimate of drug-likeness (QED) is 0.211. The summed E-state index contributed by atoms with van der Waals surface area (Å²) in [6.45, 7) is 8.20. The van der Waals surface area contributed by atoms with Gasteiger partial charge in [0.1, 0.15) is 0 Å². The van der Waals surface area contributed by atoms with Gasteiger partial charge in [-0.05, 0) is 33.2 Å². The van der Waals surface area contributed by atoms with Gasteiger partial charge in [-0.3, -0.25) is 0 Å². The van der Waals surface area contributed by atoms with Gasteiger partial charge in [0.25, 0.3) is 0 Å². The van der Waals surface area contributed by atoms with Gasteiger partial charge in [0.2, 0.25) is 0 Å². The van der Waals surface area contributed by atoms with Crippen LogP contribution in [-0.2, 0) is 21.6 Å². The number of benzene rings is 3. The van der Waals surface area contributed by atoms with E-state index in [1.807, 2.05) is 36.4 Å². The molecule has 0 spiro atoms. The van der Waals surface area contributed by atoms with E-state index in [1.54, 1.807) is 0 Å². The van der Waals surface area contributed by atoms with Crippen molar-refractivity contribution in [3.63, 3.8) is 0 Å². The van der Waals surface area contributed by atoms with Crippen molar-refractivity contribution < 1.29 is 21.6 Å². The van der Waals surface area contributed by atoms with Crippen LogP contribution in [-0.4, -0.2) is 16.9 Å². The molecule has 3 aromatic carbocycles. The molecule has 1 N–H and O–H groups in total. The number of amides is 1. The molecule has 2 nitrogen and oxygen atoms in total. The third-order valence-corrected chi connectivity index (χ3v) is 13.7. The van der Waals surface area contributed by atoms with Gasteiger partial charge >= 0.3 is 170 Å². The SMILES string of the molecule is C=C(C(=C)c1ccccc1)c1ccccc1.[CH3][Ti]([CH3])([NH]C(=O)C1CCCCCCCCCCC1)[CH]1C=Cc2ccccc21.[SiH4]. The van der Waals surface area contributed by atoms with Crippen LogP contribution in [0.5, 0.6) is 0 Å². The van der Waals surface area contributed by atoms with E-state index in [9.17, 15) is 4.79 Å². The van der Waals surface area contributed by atoms with Gasteiger partial charge in [-0.15, -0.1) is 0 Å². The first kappa shape index (κ1) is 35.8. The predicted octanol–water partition coefficient (Wildman–Crippen LogP) is 9.92. The van der Waals surface area contributed by atoms with Crippen LogP contribution in [0.4, 0.5) is 0 Å². The van der Waals surface area contributed by atoms with Gasteiger partial charge in [-0.2, -0.15) is 0 Å². The molecule has 0 saturated heterocycles. The second kappa shape index (κ2) is 18.3. The number of hydrogen-bond donors (Lipinski definition) is 1. The summed E-state index contributed by atoms with van der Waals surface area (Å²) < 4.78 is 4.06. The van der Waals surface area contributed by atoms with Gasteiger partial charge < -0.3 is 0 Å². The van der Waals surface area contributed by atoms with Crippen molar-refractivity contribution in [1.29, 1.82) is 0 Å². The molecule has 44 heavy (non-hydrogen) atoms. The average Bonchev–Trinajstić information content (AvgIpc) is 3.47. The molecule has 0 radical (unpaired) electrons. The van der Waals surface area contributed by atoms with Crippen molar-refractivity contribution >= 4 is 34.1 Å². The van der Waals surface area contributed by atoms with E-state index in [4.69, 9.17) is 0 Å². The van der Waals surface area contributed by atoms with E-state index < -0.39 is 16.8 Å². The molecular weight excluding hydrogens is 586 g/mol. The third kappa shape index (κ3) is 10.4. The Balaban J connectivity index is 0.000000266. The van der Waals surface area contributed by atoms with E-state index in [1.165, 1.54) is 68.9 Å². The molecule has 234 valence electrons. The Hall–Kier alpha value is -2.72. The molecule has 2 aliphatic rings. The van der Waals surface area contributed by atoms with Gasteiger partial charge in [0.05, 0.1) is 0 Å². The molecule has 0 aromatic heterocycles. The number of nitrogens with one attached hydrogen (secondary N) is 1. The summed E-state index contributed by atoms with van der Waals surface area (Å²) in [5.74, 6) is 0.588. The number of carbonyl (C=O) groups is 1. The van der Waals surface area contributed by atoms with Gasteiger partial charge in [-0.1, -0.05) is 73.8 Å². The molecule has 5 rings (SSSR count). The van der Waals surface area contributed by atoms with Crippen LogP contribution in [0.2, 0.25) is 10.5 Å². The maximum absolute atomic E-state index is 13.2. The molecule has 2 aliphatic carbocycles. The smallest absolute Gasteiger partial charge is 0.0149 e. The molecule has 0 aliphatic heterocycles. The first-order valence-corrected chi connectivity index (χ1v) is 21.3. The van der Waals surface area contributed by atoms with E-state index in [-0.39, 0.29) is 16.9 Å². The fraction of sp³-hybridized carbons (Fsp3) is 0.375. The Morgan fingerprint density at radius 1 is 0.659 bits per heavy atom. The fourth-order valence-corrected chi connectivity index (χ4v) is 10.5. The Morgan fingerprint density at radius 2 is 1.09 bits per heavy atom. The summed E-state index contributed by atoms with van der Waals surface area (Å²) in [4.78, 5) is 13.2. The second-order valence-corrected chi connectivity index (χ2v) is 19.6.